The summed E-state index contributed by atoms with van der Waals surface area (Å²) < 4.78 is 50.3. The zero-order chi connectivity index (χ0) is 27.1. The fourth-order valence-electron chi connectivity index (χ4n) is 3.13. The van der Waals surface area contributed by atoms with Gasteiger partial charge in [0.25, 0.3) is 5.91 Å². The molecule has 9 nitrogen and oxygen atoms in total. The van der Waals surface area contributed by atoms with E-state index in [0.29, 0.717) is 0 Å². The molecular formula is C25H31FN3O6PS. The van der Waals surface area contributed by atoms with E-state index in [-0.39, 0.29) is 49.1 Å². The van der Waals surface area contributed by atoms with Gasteiger partial charge < -0.3 is 29.2 Å². The zero-order valence-electron chi connectivity index (χ0n) is 20.9. The molecule has 0 aliphatic heterocycles. The molecule has 0 saturated heterocycles. The molecule has 0 aromatic heterocycles. The predicted octanol–water partition coefficient (Wildman–Crippen LogP) is 4.35. The van der Waals surface area contributed by atoms with Crippen LogP contribution in [0.2, 0.25) is 0 Å². The van der Waals surface area contributed by atoms with Crippen LogP contribution in [0.15, 0.2) is 65.2 Å². The number of halogens is 1. The second-order valence-corrected chi connectivity index (χ2v) is 10.4. The number of nitriles is 1. The highest BCUT2D eigenvalue weighted by atomic mass is 32.2. The van der Waals surface area contributed by atoms with Gasteiger partial charge in [0, 0.05) is 26.3 Å². The Morgan fingerprint density at radius 3 is 2.16 bits per heavy atom. The van der Waals surface area contributed by atoms with Crippen LogP contribution in [0.4, 0.5) is 4.39 Å². The van der Waals surface area contributed by atoms with E-state index in [2.05, 4.69) is 10.6 Å². The standard InChI is InChI=1S/C25H31FN3O6PS/c1-32-13-15-34-36(31,35-16-14-33-2)24(20-11-7-8-12-22(20)26)29-25(37-3)21(17-27)23(30)28-18-19-9-5-4-6-10-19/h4-12,24,29H,13-16,18H2,1-3H3,(H,28,30)/b25-21+. The van der Waals surface area contributed by atoms with Crippen molar-refractivity contribution in [2.75, 3.05) is 46.9 Å². The number of nitrogens with zero attached hydrogens (tertiary/aromatic N) is 1. The monoisotopic (exact) mass is 551 g/mol. The van der Waals surface area contributed by atoms with E-state index in [1.807, 2.05) is 36.4 Å². The van der Waals surface area contributed by atoms with E-state index in [9.17, 15) is 19.0 Å². The van der Waals surface area contributed by atoms with Gasteiger partial charge in [0.2, 0.25) is 0 Å². The molecule has 0 radical (unpaired) electrons. The first-order valence-electron chi connectivity index (χ1n) is 11.3. The highest BCUT2D eigenvalue weighted by Crippen LogP contribution is 2.60. The van der Waals surface area contributed by atoms with E-state index < -0.39 is 25.1 Å². The molecule has 0 saturated carbocycles. The minimum atomic E-state index is -4.15. The predicted molar refractivity (Wildman–Crippen MR) is 140 cm³/mol. The van der Waals surface area contributed by atoms with Gasteiger partial charge in [0.1, 0.15) is 17.5 Å². The van der Waals surface area contributed by atoms with E-state index in [1.54, 1.807) is 12.3 Å². The number of nitrogens with one attached hydrogen (secondary N) is 2. The summed E-state index contributed by atoms with van der Waals surface area (Å²) >= 11 is 1.04. The summed E-state index contributed by atoms with van der Waals surface area (Å²) in [6.07, 6.45) is 1.63. The zero-order valence-corrected chi connectivity index (χ0v) is 22.7. The summed E-state index contributed by atoms with van der Waals surface area (Å²) in [7, 11) is -1.24. The Bertz CT molecular complexity index is 1110. The van der Waals surface area contributed by atoms with Gasteiger partial charge in [-0.25, -0.2) is 4.39 Å². The van der Waals surface area contributed by atoms with Crippen molar-refractivity contribution >= 4 is 25.3 Å². The molecule has 2 aromatic carbocycles. The van der Waals surface area contributed by atoms with E-state index in [4.69, 9.17) is 18.5 Å². The number of hydrogen-bond acceptors (Lipinski definition) is 9. The van der Waals surface area contributed by atoms with Crippen molar-refractivity contribution in [3.8, 4) is 6.07 Å². The van der Waals surface area contributed by atoms with Gasteiger partial charge in [-0.3, -0.25) is 9.36 Å². The van der Waals surface area contributed by atoms with Crippen molar-refractivity contribution in [2.45, 2.75) is 12.3 Å². The molecule has 37 heavy (non-hydrogen) atoms. The van der Waals surface area contributed by atoms with Gasteiger partial charge in [0.05, 0.1) is 31.5 Å². The van der Waals surface area contributed by atoms with Crippen molar-refractivity contribution < 1.29 is 32.3 Å². The molecule has 2 N–H and O–H groups in total. The molecule has 2 aromatic rings. The SMILES string of the molecule is COCCOP(=O)(OCCOC)C(N/C(SC)=C(/C#N)C(=O)NCc1ccccc1)c1ccccc1F. The third kappa shape index (κ3) is 9.27. The molecular weight excluding hydrogens is 520 g/mol. The summed E-state index contributed by atoms with van der Waals surface area (Å²) in [5.74, 6) is -2.69. The van der Waals surface area contributed by atoms with Crippen molar-refractivity contribution in [1.29, 1.82) is 5.26 Å². The molecule has 0 spiro atoms. The Morgan fingerprint density at radius 2 is 1.62 bits per heavy atom. The lowest BCUT2D eigenvalue weighted by Crippen LogP contribution is -2.29. The minimum absolute atomic E-state index is 0.0193. The molecule has 0 fully saturated rings. The Hall–Kier alpha value is -2.71. The van der Waals surface area contributed by atoms with Crippen LogP contribution in [0.25, 0.3) is 0 Å². The second kappa shape index (κ2) is 16.2. The molecule has 0 heterocycles. The molecule has 0 bridgehead atoms. The highest BCUT2D eigenvalue weighted by Gasteiger charge is 2.40. The molecule has 1 atom stereocenters. The maximum atomic E-state index is 15.0. The quantitative estimate of drug-likeness (QED) is 0.136. The maximum absolute atomic E-state index is 15.0. The lowest BCUT2D eigenvalue weighted by Gasteiger charge is -2.29. The number of rotatable bonds is 16. The van der Waals surface area contributed by atoms with Crippen molar-refractivity contribution in [2.24, 2.45) is 0 Å². The van der Waals surface area contributed by atoms with Gasteiger partial charge in [0.15, 0.2) is 5.78 Å². The van der Waals surface area contributed by atoms with Crippen LogP contribution < -0.4 is 10.6 Å². The van der Waals surface area contributed by atoms with Crippen LogP contribution in [-0.4, -0.2) is 52.8 Å². The molecule has 2 rings (SSSR count). The number of hydrogen-bond donors (Lipinski definition) is 2. The third-order valence-corrected chi connectivity index (χ3v) is 7.82. The maximum Gasteiger partial charge on any atom is 0.357 e. The van der Waals surface area contributed by atoms with Gasteiger partial charge in [-0.1, -0.05) is 48.5 Å². The second-order valence-electron chi connectivity index (χ2n) is 7.45. The molecule has 12 heteroatoms. The fourth-order valence-corrected chi connectivity index (χ4v) is 5.67. The number of ether oxygens (including phenoxy) is 2. The Balaban J connectivity index is 2.46. The number of carbonyl (C=O) groups excluding carboxylic acids is 1. The van der Waals surface area contributed by atoms with E-state index in [1.165, 1.54) is 32.4 Å². The number of carbonyl (C=O) groups is 1. The third-order valence-electron chi connectivity index (χ3n) is 4.97. The van der Waals surface area contributed by atoms with Gasteiger partial charge in [-0.05, 0) is 17.9 Å². The van der Waals surface area contributed by atoms with E-state index in [0.717, 1.165) is 17.3 Å². The lowest BCUT2D eigenvalue weighted by molar-refractivity contribution is -0.117. The summed E-state index contributed by atoms with van der Waals surface area (Å²) in [5.41, 5.74) is 0.568. The Kier molecular flexibility index (Phi) is 13.4. The smallest absolute Gasteiger partial charge is 0.357 e. The number of thioether (sulfide) groups is 1. The summed E-state index contributed by atoms with van der Waals surface area (Å²) in [5, 5.41) is 15.5. The van der Waals surface area contributed by atoms with Crippen LogP contribution >= 0.6 is 19.4 Å². The minimum Gasteiger partial charge on any atom is -0.382 e. The number of amides is 1. The van der Waals surface area contributed by atoms with Crippen LogP contribution in [0.5, 0.6) is 0 Å². The molecule has 0 aliphatic rings. The first kappa shape index (κ1) is 30.5. The van der Waals surface area contributed by atoms with Gasteiger partial charge >= 0.3 is 7.60 Å². The molecule has 200 valence electrons. The van der Waals surface area contributed by atoms with Crippen molar-refractivity contribution in [1.82, 2.24) is 10.6 Å². The Labute approximate surface area is 220 Å². The fraction of sp³-hybridized carbons (Fsp3) is 0.360. The first-order chi connectivity index (χ1) is 17.9. The molecule has 1 unspecified atom stereocenters. The number of benzene rings is 2. The summed E-state index contributed by atoms with van der Waals surface area (Å²) in [6, 6.07) is 16.8. The van der Waals surface area contributed by atoms with Crippen molar-refractivity contribution in [3.05, 3.63) is 82.1 Å². The summed E-state index contributed by atoms with van der Waals surface area (Å²) in [4.78, 5) is 12.9. The first-order valence-corrected chi connectivity index (χ1v) is 14.1. The average Bonchev–Trinajstić information content (AvgIpc) is 2.91. The molecule has 1 amide bonds. The van der Waals surface area contributed by atoms with E-state index >= 15 is 0 Å². The topological polar surface area (TPSA) is 119 Å². The van der Waals surface area contributed by atoms with Crippen LogP contribution in [0.3, 0.4) is 0 Å². The van der Waals surface area contributed by atoms with Crippen LogP contribution in [0.1, 0.15) is 16.9 Å². The normalized spacial score (nSPS) is 12.8. The molecule has 0 aliphatic carbocycles. The van der Waals surface area contributed by atoms with Crippen LogP contribution in [0, 0.1) is 17.1 Å². The van der Waals surface area contributed by atoms with Gasteiger partial charge in [-0.15, -0.1) is 11.8 Å². The highest BCUT2D eigenvalue weighted by molar-refractivity contribution is 8.02. The summed E-state index contributed by atoms with van der Waals surface area (Å²) in [6.45, 7) is 0.209. The van der Waals surface area contributed by atoms with Gasteiger partial charge in [-0.2, -0.15) is 5.26 Å². The Morgan fingerprint density at radius 1 is 1.03 bits per heavy atom. The lowest BCUT2D eigenvalue weighted by atomic mass is 10.2. The van der Waals surface area contributed by atoms with Crippen molar-refractivity contribution in [3.63, 3.8) is 0 Å². The largest absolute Gasteiger partial charge is 0.382 e. The van der Waals surface area contributed by atoms with Crippen LogP contribution in [-0.2, 0) is 34.4 Å². The average molecular weight is 552 g/mol. The number of methoxy groups -OCH3 is 2.